The summed E-state index contributed by atoms with van der Waals surface area (Å²) in [5.74, 6) is -0.854. The van der Waals surface area contributed by atoms with Crippen molar-refractivity contribution in [3.05, 3.63) is 58.1 Å². The Bertz CT molecular complexity index is 1140. The van der Waals surface area contributed by atoms with Gasteiger partial charge in [-0.05, 0) is 49.6 Å². The van der Waals surface area contributed by atoms with Crippen molar-refractivity contribution >= 4 is 49.9 Å². The van der Waals surface area contributed by atoms with Crippen LogP contribution in [0.1, 0.15) is 11.3 Å². The summed E-state index contributed by atoms with van der Waals surface area (Å²) in [5.41, 5.74) is 5.25. The minimum absolute atomic E-state index is 0.0644. The van der Waals surface area contributed by atoms with E-state index in [-0.39, 0.29) is 6.54 Å². The number of hydrogen-bond acceptors (Lipinski definition) is 2. The highest BCUT2D eigenvalue weighted by molar-refractivity contribution is 7.17. The molecule has 0 saturated heterocycles. The third-order valence-corrected chi connectivity index (χ3v) is 5.78. The lowest BCUT2D eigenvalue weighted by Gasteiger charge is -2.05. The SMILES string of the molecule is Cc1ccc2scc(-c3c(C)n(CC(=O)O)c4ccc(Cl)cc34)c2c1. The molecule has 1 N–H and O–H groups in total. The number of fused-ring (bicyclic) bond motifs is 2. The van der Waals surface area contributed by atoms with Crippen molar-refractivity contribution in [1.29, 1.82) is 0 Å². The summed E-state index contributed by atoms with van der Waals surface area (Å²) in [6.07, 6.45) is 0. The number of aromatic nitrogens is 1. The van der Waals surface area contributed by atoms with Gasteiger partial charge in [-0.1, -0.05) is 23.2 Å². The molecule has 0 atom stereocenters. The number of carbonyl (C=O) groups is 1. The number of rotatable bonds is 3. The monoisotopic (exact) mass is 369 g/mol. The second-order valence-corrected chi connectivity index (χ2v) is 7.60. The van der Waals surface area contributed by atoms with Gasteiger partial charge >= 0.3 is 5.97 Å². The van der Waals surface area contributed by atoms with Crippen LogP contribution in [0.5, 0.6) is 0 Å². The first-order valence-corrected chi connectivity index (χ1v) is 9.20. The summed E-state index contributed by atoms with van der Waals surface area (Å²) < 4.78 is 3.07. The fraction of sp³-hybridized carbons (Fsp3) is 0.150. The van der Waals surface area contributed by atoms with Gasteiger partial charge in [-0.3, -0.25) is 4.79 Å². The number of hydrogen-bond donors (Lipinski definition) is 1. The maximum absolute atomic E-state index is 11.3. The van der Waals surface area contributed by atoms with Crippen LogP contribution in [-0.2, 0) is 11.3 Å². The van der Waals surface area contributed by atoms with E-state index in [4.69, 9.17) is 11.6 Å². The van der Waals surface area contributed by atoms with Crippen molar-refractivity contribution in [3.63, 3.8) is 0 Å². The molecule has 2 aromatic carbocycles. The molecule has 5 heteroatoms. The van der Waals surface area contributed by atoms with E-state index in [9.17, 15) is 9.90 Å². The molecular formula is C20H16ClNO2S. The number of benzene rings is 2. The van der Waals surface area contributed by atoms with E-state index in [0.29, 0.717) is 5.02 Å². The topological polar surface area (TPSA) is 42.2 Å². The Morgan fingerprint density at radius 3 is 2.72 bits per heavy atom. The number of carboxylic acids is 1. The van der Waals surface area contributed by atoms with E-state index in [1.807, 2.05) is 23.6 Å². The van der Waals surface area contributed by atoms with Crippen molar-refractivity contribution in [3.8, 4) is 11.1 Å². The van der Waals surface area contributed by atoms with Crippen LogP contribution in [0, 0.1) is 13.8 Å². The van der Waals surface area contributed by atoms with Crippen molar-refractivity contribution in [2.75, 3.05) is 0 Å². The molecule has 0 saturated carbocycles. The molecular weight excluding hydrogens is 354 g/mol. The first kappa shape index (κ1) is 16.2. The standard InChI is InChI=1S/C20H16ClNO2S/c1-11-3-6-18-14(7-11)16(10-25-18)20-12(2)22(9-19(23)24)17-5-4-13(21)8-15(17)20/h3-8,10H,9H2,1-2H3,(H,23,24). The molecule has 0 bridgehead atoms. The van der Waals surface area contributed by atoms with Gasteiger partial charge in [0.25, 0.3) is 0 Å². The van der Waals surface area contributed by atoms with Gasteiger partial charge in [0.05, 0.1) is 0 Å². The highest BCUT2D eigenvalue weighted by atomic mass is 35.5. The molecule has 0 amide bonds. The first-order chi connectivity index (χ1) is 12.0. The molecule has 0 aliphatic heterocycles. The second kappa shape index (κ2) is 5.90. The summed E-state index contributed by atoms with van der Waals surface area (Å²) in [7, 11) is 0. The summed E-state index contributed by atoms with van der Waals surface area (Å²) in [6.45, 7) is 3.99. The molecule has 25 heavy (non-hydrogen) atoms. The van der Waals surface area contributed by atoms with E-state index < -0.39 is 5.97 Å². The van der Waals surface area contributed by atoms with E-state index >= 15 is 0 Å². The molecule has 2 heterocycles. The zero-order valence-electron chi connectivity index (χ0n) is 13.8. The third-order valence-electron chi connectivity index (χ3n) is 4.58. The van der Waals surface area contributed by atoms with Crippen molar-refractivity contribution in [2.45, 2.75) is 20.4 Å². The van der Waals surface area contributed by atoms with Crippen LogP contribution in [0.4, 0.5) is 0 Å². The predicted octanol–water partition coefficient (Wildman–Crippen LogP) is 5.88. The van der Waals surface area contributed by atoms with Gasteiger partial charge in [0.2, 0.25) is 0 Å². The summed E-state index contributed by atoms with van der Waals surface area (Å²) in [5, 5.41) is 14.3. The van der Waals surface area contributed by atoms with Crippen molar-refractivity contribution in [1.82, 2.24) is 4.57 Å². The van der Waals surface area contributed by atoms with Crippen LogP contribution in [0.15, 0.2) is 41.8 Å². The van der Waals surface area contributed by atoms with Gasteiger partial charge in [-0.2, -0.15) is 0 Å². The van der Waals surface area contributed by atoms with Gasteiger partial charge in [0.15, 0.2) is 0 Å². The highest BCUT2D eigenvalue weighted by Gasteiger charge is 2.19. The largest absolute Gasteiger partial charge is 0.480 e. The Morgan fingerprint density at radius 2 is 1.96 bits per heavy atom. The van der Waals surface area contributed by atoms with Crippen molar-refractivity contribution < 1.29 is 9.90 Å². The normalized spacial score (nSPS) is 11.5. The Labute approximate surface area is 154 Å². The molecule has 0 radical (unpaired) electrons. The Kier molecular flexibility index (Phi) is 3.82. The van der Waals surface area contributed by atoms with Crippen LogP contribution in [0.25, 0.3) is 32.1 Å². The zero-order chi connectivity index (χ0) is 17.7. The van der Waals surface area contributed by atoms with Crippen LogP contribution in [0.2, 0.25) is 5.02 Å². The highest BCUT2D eigenvalue weighted by Crippen LogP contribution is 2.42. The first-order valence-electron chi connectivity index (χ1n) is 7.94. The molecule has 0 fully saturated rings. The summed E-state index contributed by atoms with van der Waals surface area (Å²) in [4.78, 5) is 11.3. The quantitative estimate of drug-likeness (QED) is 0.490. The number of carboxylic acid groups (broad SMARTS) is 1. The molecule has 126 valence electrons. The minimum Gasteiger partial charge on any atom is -0.480 e. The number of aliphatic carboxylic acids is 1. The molecule has 4 aromatic rings. The average Bonchev–Trinajstić information content (AvgIpc) is 3.06. The van der Waals surface area contributed by atoms with E-state index in [0.717, 1.165) is 27.7 Å². The zero-order valence-corrected chi connectivity index (χ0v) is 15.4. The van der Waals surface area contributed by atoms with E-state index in [2.05, 4.69) is 30.5 Å². The maximum atomic E-state index is 11.3. The minimum atomic E-state index is -0.854. The molecule has 2 aromatic heterocycles. The fourth-order valence-corrected chi connectivity index (χ4v) is 4.57. The van der Waals surface area contributed by atoms with E-state index in [1.165, 1.54) is 15.6 Å². The van der Waals surface area contributed by atoms with Crippen LogP contribution in [-0.4, -0.2) is 15.6 Å². The second-order valence-electron chi connectivity index (χ2n) is 6.25. The number of thiophene rings is 1. The molecule has 0 aliphatic rings. The number of aryl methyl sites for hydroxylation is 1. The number of halogens is 1. The molecule has 0 aliphatic carbocycles. The average molecular weight is 370 g/mol. The smallest absolute Gasteiger partial charge is 0.323 e. The lowest BCUT2D eigenvalue weighted by atomic mass is 10.0. The Morgan fingerprint density at radius 1 is 1.16 bits per heavy atom. The number of nitrogens with zero attached hydrogens (tertiary/aromatic N) is 1. The third kappa shape index (κ3) is 2.62. The molecule has 4 rings (SSSR count). The van der Waals surface area contributed by atoms with Gasteiger partial charge in [0, 0.05) is 42.8 Å². The fourth-order valence-electron chi connectivity index (χ4n) is 3.47. The van der Waals surface area contributed by atoms with Crippen molar-refractivity contribution in [2.24, 2.45) is 0 Å². The maximum Gasteiger partial charge on any atom is 0.323 e. The molecule has 0 unspecified atom stereocenters. The van der Waals surface area contributed by atoms with Crippen LogP contribution in [0.3, 0.4) is 0 Å². The van der Waals surface area contributed by atoms with Crippen LogP contribution < -0.4 is 0 Å². The molecule has 0 spiro atoms. The van der Waals surface area contributed by atoms with E-state index in [1.54, 1.807) is 17.4 Å². The van der Waals surface area contributed by atoms with Gasteiger partial charge in [0.1, 0.15) is 6.54 Å². The Balaban J connectivity index is 2.09. The predicted molar refractivity (Wildman–Crippen MR) is 105 cm³/mol. The lowest BCUT2D eigenvalue weighted by Crippen LogP contribution is -2.09. The van der Waals surface area contributed by atoms with Gasteiger partial charge < -0.3 is 9.67 Å². The Hall–Kier alpha value is -2.30. The van der Waals surface area contributed by atoms with Crippen LogP contribution >= 0.6 is 22.9 Å². The summed E-state index contributed by atoms with van der Waals surface area (Å²) >= 11 is 7.94. The van der Waals surface area contributed by atoms with Gasteiger partial charge in [-0.15, -0.1) is 11.3 Å². The lowest BCUT2D eigenvalue weighted by molar-refractivity contribution is -0.137. The van der Waals surface area contributed by atoms with Gasteiger partial charge in [-0.25, -0.2) is 0 Å². The summed E-state index contributed by atoms with van der Waals surface area (Å²) in [6, 6.07) is 12.1. The molecule has 3 nitrogen and oxygen atoms in total.